The molecule has 1 aromatic carbocycles. The van der Waals surface area contributed by atoms with Gasteiger partial charge >= 0.3 is 0 Å². The first-order chi connectivity index (χ1) is 10.2. The average Bonchev–Trinajstić information content (AvgIpc) is 2.89. The van der Waals surface area contributed by atoms with E-state index in [1.165, 1.54) is 5.56 Å². The Hall–Kier alpha value is -2.32. The van der Waals surface area contributed by atoms with Crippen molar-refractivity contribution < 1.29 is 4.74 Å². The van der Waals surface area contributed by atoms with Crippen LogP contribution >= 0.6 is 0 Å². The summed E-state index contributed by atoms with van der Waals surface area (Å²) in [5, 5.41) is 16.6. The van der Waals surface area contributed by atoms with E-state index in [0.717, 1.165) is 13.1 Å². The van der Waals surface area contributed by atoms with E-state index in [-0.39, 0.29) is 0 Å². The molecule has 110 valence electrons. The van der Waals surface area contributed by atoms with E-state index < -0.39 is 0 Å². The third-order valence-electron chi connectivity index (χ3n) is 3.08. The molecule has 2 aromatic rings. The Morgan fingerprint density at radius 2 is 2.24 bits per heavy atom. The molecule has 0 spiro atoms. The number of para-hydroxylation sites is 1. The van der Waals surface area contributed by atoms with Crippen LogP contribution in [-0.4, -0.2) is 29.0 Å². The van der Waals surface area contributed by atoms with Crippen LogP contribution in [0.25, 0.3) is 0 Å². The quantitative estimate of drug-likeness (QED) is 0.791. The van der Waals surface area contributed by atoms with Crippen molar-refractivity contribution in [2.24, 2.45) is 0 Å². The number of hydrogen-bond donors (Lipinski definition) is 1. The Labute approximate surface area is 125 Å². The van der Waals surface area contributed by atoms with Gasteiger partial charge in [0.15, 0.2) is 0 Å². The summed E-state index contributed by atoms with van der Waals surface area (Å²) in [7, 11) is 0. The molecule has 0 fully saturated rings. The Kier molecular flexibility index (Phi) is 5.35. The van der Waals surface area contributed by atoms with Crippen LogP contribution in [0.1, 0.15) is 18.1 Å². The lowest BCUT2D eigenvalue weighted by molar-refractivity contribution is 0.301. The Bertz CT molecular complexity index is 615. The molecule has 1 heterocycles. The molecule has 21 heavy (non-hydrogen) atoms. The molecule has 0 bridgehead atoms. The van der Waals surface area contributed by atoms with Crippen molar-refractivity contribution in [2.45, 2.75) is 26.4 Å². The highest BCUT2D eigenvalue weighted by molar-refractivity contribution is 5.42. The van der Waals surface area contributed by atoms with Crippen molar-refractivity contribution in [2.75, 3.05) is 13.2 Å². The molecule has 5 nitrogen and oxygen atoms in total. The van der Waals surface area contributed by atoms with Gasteiger partial charge in [0.1, 0.15) is 18.4 Å². The fourth-order valence-corrected chi connectivity index (χ4v) is 2.06. The summed E-state index contributed by atoms with van der Waals surface area (Å²) < 4.78 is 7.55. The van der Waals surface area contributed by atoms with Crippen molar-refractivity contribution in [3.8, 4) is 11.8 Å². The van der Waals surface area contributed by atoms with Crippen LogP contribution in [0.3, 0.4) is 0 Å². The Morgan fingerprint density at radius 1 is 1.43 bits per heavy atom. The van der Waals surface area contributed by atoms with Crippen LogP contribution in [-0.2, 0) is 6.54 Å². The van der Waals surface area contributed by atoms with Crippen molar-refractivity contribution in [3.63, 3.8) is 0 Å². The lowest BCUT2D eigenvalue weighted by atomic mass is 10.2. The van der Waals surface area contributed by atoms with Gasteiger partial charge in [0.05, 0.1) is 18.3 Å². The zero-order chi connectivity index (χ0) is 15.1. The maximum Gasteiger partial charge on any atom is 0.137 e. The van der Waals surface area contributed by atoms with E-state index in [1.54, 1.807) is 6.07 Å². The van der Waals surface area contributed by atoms with Crippen LogP contribution in [0.4, 0.5) is 0 Å². The largest absolute Gasteiger partial charge is 0.491 e. The summed E-state index contributed by atoms with van der Waals surface area (Å²) in [6.45, 7) is 6.22. The fraction of sp³-hybridized carbons (Fsp3) is 0.375. The highest BCUT2D eigenvalue weighted by Crippen LogP contribution is 2.15. The molecular weight excluding hydrogens is 264 g/mol. The molecule has 0 radical (unpaired) electrons. The second-order valence-electron chi connectivity index (χ2n) is 5.05. The summed E-state index contributed by atoms with van der Waals surface area (Å²) in [5.74, 6) is 0.636. The molecule has 0 amide bonds. The maximum absolute atomic E-state index is 8.97. The lowest BCUT2D eigenvalue weighted by Gasteiger charge is -2.14. The van der Waals surface area contributed by atoms with Gasteiger partial charge in [0.2, 0.25) is 0 Å². The number of nitrogens with one attached hydrogen (secondary N) is 1. The van der Waals surface area contributed by atoms with Gasteiger partial charge in [0.25, 0.3) is 0 Å². The third kappa shape index (κ3) is 4.62. The number of rotatable bonds is 7. The minimum absolute atomic E-state index is 0.305. The van der Waals surface area contributed by atoms with E-state index >= 15 is 0 Å². The number of aromatic nitrogens is 2. The number of aryl methyl sites for hydroxylation is 1. The zero-order valence-electron chi connectivity index (χ0n) is 12.4. The number of ether oxygens (including phenoxy) is 1. The average molecular weight is 284 g/mol. The second-order valence-corrected chi connectivity index (χ2v) is 5.05. The summed E-state index contributed by atoms with van der Waals surface area (Å²) in [6.07, 6.45) is 3.88. The van der Waals surface area contributed by atoms with Gasteiger partial charge in [-0.1, -0.05) is 12.1 Å². The van der Waals surface area contributed by atoms with Gasteiger partial charge in [-0.05, 0) is 31.5 Å². The second kappa shape index (κ2) is 7.46. The molecule has 0 aliphatic carbocycles. The highest BCUT2D eigenvalue weighted by Gasteiger charge is 2.04. The van der Waals surface area contributed by atoms with Crippen molar-refractivity contribution in [1.29, 1.82) is 5.26 Å². The van der Waals surface area contributed by atoms with Crippen LogP contribution in [0.15, 0.2) is 36.7 Å². The van der Waals surface area contributed by atoms with E-state index in [0.29, 0.717) is 24.0 Å². The zero-order valence-corrected chi connectivity index (χ0v) is 12.4. The predicted molar refractivity (Wildman–Crippen MR) is 81.1 cm³/mol. The van der Waals surface area contributed by atoms with Gasteiger partial charge in [-0.3, -0.25) is 4.68 Å². The molecule has 1 N–H and O–H groups in total. The van der Waals surface area contributed by atoms with Gasteiger partial charge in [-0.25, -0.2) is 0 Å². The number of hydrogen-bond acceptors (Lipinski definition) is 4. The first-order valence-corrected chi connectivity index (χ1v) is 7.03. The SMILES string of the molecule is Cc1cnn(CC(C)NCCOc2ccccc2C#N)c1. The third-order valence-corrected chi connectivity index (χ3v) is 3.08. The summed E-state index contributed by atoms with van der Waals surface area (Å²) in [5.41, 5.74) is 1.73. The smallest absolute Gasteiger partial charge is 0.137 e. The highest BCUT2D eigenvalue weighted by atomic mass is 16.5. The first-order valence-electron chi connectivity index (χ1n) is 7.03. The van der Waals surface area contributed by atoms with Gasteiger partial charge in [0, 0.05) is 18.8 Å². The van der Waals surface area contributed by atoms with E-state index in [2.05, 4.69) is 23.4 Å². The van der Waals surface area contributed by atoms with Crippen molar-refractivity contribution >= 4 is 0 Å². The van der Waals surface area contributed by atoms with Gasteiger partial charge in [-0.15, -0.1) is 0 Å². The topological polar surface area (TPSA) is 62.9 Å². The molecule has 1 unspecified atom stereocenters. The maximum atomic E-state index is 8.97. The van der Waals surface area contributed by atoms with Crippen LogP contribution < -0.4 is 10.1 Å². The summed E-state index contributed by atoms with van der Waals surface area (Å²) >= 11 is 0. The fourth-order valence-electron chi connectivity index (χ4n) is 2.06. The van der Waals surface area contributed by atoms with E-state index in [4.69, 9.17) is 10.00 Å². The molecule has 0 aliphatic rings. The van der Waals surface area contributed by atoms with Crippen LogP contribution in [0.2, 0.25) is 0 Å². The normalized spacial score (nSPS) is 11.9. The Balaban J connectivity index is 1.71. The van der Waals surface area contributed by atoms with Gasteiger partial charge in [-0.2, -0.15) is 10.4 Å². The molecule has 0 saturated carbocycles. The Morgan fingerprint density at radius 3 is 2.95 bits per heavy atom. The summed E-state index contributed by atoms with van der Waals surface area (Å²) in [4.78, 5) is 0. The summed E-state index contributed by atoms with van der Waals surface area (Å²) in [6, 6.07) is 9.70. The molecule has 5 heteroatoms. The molecular formula is C16H20N4O. The van der Waals surface area contributed by atoms with Crippen LogP contribution in [0.5, 0.6) is 5.75 Å². The lowest BCUT2D eigenvalue weighted by Crippen LogP contribution is -2.33. The standard InChI is InChI=1S/C16H20N4O/c1-13-10-19-20(11-13)12-14(2)18-7-8-21-16-6-4-3-5-15(16)9-17/h3-6,10-11,14,18H,7-8,12H2,1-2H3. The van der Waals surface area contributed by atoms with E-state index in [1.807, 2.05) is 42.2 Å². The molecule has 0 aliphatic heterocycles. The molecule has 0 saturated heterocycles. The monoisotopic (exact) mass is 284 g/mol. The van der Waals surface area contributed by atoms with Crippen molar-refractivity contribution in [3.05, 3.63) is 47.8 Å². The first kappa shape index (κ1) is 15.1. The minimum Gasteiger partial charge on any atom is -0.491 e. The predicted octanol–water partition coefficient (Wildman–Crippen LogP) is 2.12. The molecule has 1 aromatic heterocycles. The number of benzene rings is 1. The molecule has 2 rings (SSSR count). The molecule has 1 atom stereocenters. The minimum atomic E-state index is 0.305. The van der Waals surface area contributed by atoms with Crippen molar-refractivity contribution in [1.82, 2.24) is 15.1 Å². The van der Waals surface area contributed by atoms with Gasteiger partial charge < -0.3 is 10.1 Å². The van der Waals surface area contributed by atoms with Crippen LogP contribution in [0, 0.1) is 18.3 Å². The van der Waals surface area contributed by atoms with E-state index in [9.17, 15) is 0 Å². The number of nitrogens with zero attached hydrogens (tertiary/aromatic N) is 3. The number of nitriles is 1.